The highest BCUT2D eigenvalue weighted by Gasteiger charge is 2.13. The number of rotatable bonds is 6. The summed E-state index contributed by atoms with van der Waals surface area (Å²) in [7, 11) is 0. The molecule has 1 heterocycles. The Morgan fingerprint density at radius 3 is 2.57 bits per heavy atom. The largest absolute Gasteiger partial charge is 0.366 e. The Kier molecular flexibility index (Phi) is 5.56. The van der Waals surface area contributed by atoms with Gasteiger partial charge in [-0.25, -0.2) is 19.8 Å². The van der Waals surface area contributed by atoms with E-state index in [1.54, 1.807) is 30.3 Å². The molecule has 0 aliphatic heterocycles. The van der Waals surface area contributed by atoms with Crippen molar-refractivity contribution in [2.45, 2.75) is 6.42 Å². The number of carbonyl (C=O) groups is 2. The van der Waals surface area contributed by atoms with Gasteiger partial charge in [-0.1, -0.05) is 24.3 Å². The quantitative estimate of drug-likeness (QED) is 0.382. The van der Waals surface area contributed by atoms with Crippen LogP contribution >= 0.6 is 0 Å². The molecular formula is C19H16FN5O3. The fourth-order valence-electron chi connectivity index (χ4n) is 2.56. The minimum atomic E-state index is -0.674. The predicted octanol–water partition coefficient (Wildman–Crippen LogP) is 2.17. The fourth-order valence-corrected chi connectivity index (χ4v) is 2.56. The van der Waals surface area contributed by atoms with Crippen LogP contribution in [0.1, 0.15) is 16.1 Å². The van der Waals surface area contributed by atoms with Crippen LogP contribution in [0.15, 0.2) is 54.6 Å². The number of hydrogen-bond acceptors (Lipinski definition) is 6. The first-order chi connectivity index (χ1) is 13.5. The third-order valence-electron chi connectivity index (χ3n) is 3.78. The number of aromatic nitrogens is 2. The Hall–Kier alpha value is -3.85. The summed E-state index contributed by atoms with van der Waals surface area (Å²) in [5, 5.41) is 11.7. The van der Waals surface area contributed by atoms with Crippen molar-refractivity contribution in [1.82, 2.24) is 15.4 Å². The lowest BCUT2D eigenvalue weighted by Crippen LogP contribution is -2.21. The van der Waals surface area contributed by atoms with Gasteiger partial charge in [-0.2, -0.15) is 0 Å². The molecular weight excluding hydrogens is 365 g/mol. The number of amides is 2. The maximum absolute atomic E-state index is 13.6. The number of hydroxylamine groups is 1. The average Bonchev–Trinajstić information content (AvgIpc) is 2.68. The molecule has 9 heteroatoms. The molecule has 0 bridgehead atoms. The Bertz CT molecular complexity index is 1040. The number of halogens is 1. The van der Waals surface area contributed by atoms with Crippen LogP contribution in [0, 0.1) is 5.82 Å². The van der Waals surface area contributed by atoms with E-state index < -0.39 is 17.6 Å². The van der Waals surface area contributed by atoms with Crippen molar-refractivity contribution in [3.05, 3.63) is 71.7 Å². The van der Waals surface area contributed by atoms with Gasteiger partial charge in [-0.3, -0.25) is 14.8 Å². The highest BCUT2D eigenvalue weighted by Crippen LogP contribution is 2.23. The fraction of sp³-hybridized carbons (Fsp3) is 0.0526. The van der Waals surface area contributed by atoms with Crippen molar-refractivity contribution >= 4 is 23.3 Å². The van der Waals surface area contributed by atoms with Crippen LogP contribution in [-0.2, 0) is 11.2 Å². The topological polar surface area (TPSA) is 130 Å². The van der Waals surface area contributed by atoms with Gasteiger partial charge in [0, 0.05) is 11.6 Å². The lowest BCUT2D eigenvalue weighted by atomic mass is 10.1. The maximum Gasteiger partial charge on any atom is 0.250 e. The van der Waals surface area contributed by atoms with Crippen LogP contribution in [0.5, 0.6) is 0 Å². The second-order valence-corrected chi connectivity index (χ2v) is 5.83. The third-order valence-corrected chi connectivity index (χ3v) is 3.78. The second-order valence-electron chi connectivity index (χ2n) is 5.83. The molecule has 5 N–H and O–H groups in total. The first-order valence-corrected chi connectivity index (χ1v) is 8.19. The Morgan fingerprint density at radius 2 is 1.86 bits per heavy atom. The number of nitrogens with one attached hydrogen (secondary N) is 2. The zero-order valence-corrected chi connectivity index (χ0v) is 14.5. The number of hydrogen-bond donors (Lipinski definition) is 4. The molecule has 0 unspecified atom stereocenters. The number of carbonyl (C=O) groups excluding carboxylic acids is 2. The van der Waals surface area contributed by atoms with Crippen molar-refractivity contribution in [2.24, 2.45) is 5.73 Å². The first kappa shape index (κ1) is 18.9. The molecule has 0 aliphatic rings. The van der Waals surface area contributed by atoms with Crippen LogP contribution in [0.3, 0.4) is 0 Å². The molecule has 0 saturated heterocycles. The monoisotopic (exact) mass is 381 g/mol. The molecule has 1 aromatic heterocycles. The summed E-state index contributed by atoms with van der Waals surface area (Å²) >= 11 is 0. The smallest absolute Gasteiger partial charge is 0.250 e. The number of primary amides is 1. The molecule has 0 atom stereocenters. The van der Waals surface area contributed by atoms with Crippen LogP contribution in [0.2, 0.25) is 0 Å². The summed E-state index contributed by atoms with van der Waals surface area (Å²) in [5.74, 6) is -1.33. The van der Waals surface area contributed by atoms with Gasteiger partial charge in [0.2, 0.25) is 5.91 Å². The minimum Gasteiger partial charge on any atom is -0.366 e. The molecule has 0 aliphatic carbocycles. The number of para-hydroxylation sites is 1. The highest BCUT2D eigenvalue weighted by molar-refractivity contribution is 5.99. The summed E-state index contributed by atoms with van der Waals surface area (Å²) in [4.78, 5) is 31.7. The molecule has 142 valence electrons. The molecule has 2 amide bonds. The zero-order chi connectivity index (χ0) is 20.1. The van der Waals surface area contributed by atoms with Gasteiger partial charge in [-0.15, -0.1) is 0 Å². The molecule has 28 heavy (non-hydrogen) atoms. The minimum absolute atomic E-state index is 0.168. The molecule has 0 spiro atoms. The van der Waals surface area contributed by atoms with E-state index in [9.17, 15) is 14.0 Å². The normalized spacial score (nSPS) is 10.4. The molecule has 3 aromatic rings. The Morgan fingerprint density at radius 1 is 1.07 bits per heavy atom. The van der Waals surface area contributed by atoms with Gasteiger partial charge < -0.3 is 11.1 Å². The van der Waals surface area contributed by atoms with E-state index in [2.05, 4.69) is 15.3 Å². The van der Waals surface area contributed by atoms with Gasteiger partial charge in [0.25, 0.3) is 5.91 Å². The highest BCUT2D eigenvalue weighted by atomic mass is 19.1. The van der Waals surface area contributed by atoms with E-state index in [0.717, 1.165) is 0 Å². The maximum atomic E-state index is 13.6. The second kappa shape index (κ2) is 8.23. The average molecular weight is 381 g/mol. The van der Waals surface area contributed by atoms with E-state index in [1.807, 2.05) is 0 Å². The standard InChI is InChI=1S/C19H16FN5O3/c20-12-5-3-4-11(8-12)19-22-13(10-17(26)25-28)9-16(24-19)23-15-7-2-1-6-14(15)18(21)27/h1-9,28H,10H2,(H2,21,27)(H,25,26)(H,22,23,24). The lowest BCUT2D eigenvalue weighted by molar-refractivity contribution is -0.128. The van der Waals surface area contributed by atoms with Crippen molar-refractivity contribution in [3.8, 4) is 11.4 Å². The van der Waals surface area contributed by atoms with Crippen molar-refractivity contribution < 1.29 is 19.2 Å². The van der Waals surface area contributed by atoms with Crippen LogP contribution in [0.4, 0.5) is 15.9 Å². The Balaban J connectivity index is 2.05. The van der Waals surface area contributed by atoms with Crippen molar-refractivity contribution in [3.63, 3.8) is 0 Å². The van der Waals surface area contributed by atoms with Gasteiger partial charge in [0.05, 0.1) is 23.4 Å². The van der Waals surface area contributed by atoms with Crippen molar-refractivity contribution in [2.75, 3.05) is 5.32 Å². The summed E-state index contributed by atoms with van der Waals surface area (Å²) in [6.45, 7) is 0. The number of nitrogens with two attached hydrogens (primary N) is 1. The summed E-state index contributed by atoms with van der Waals surface area (Å²) in [6.07, 6.45) is -0.229. The van der Waals surface area contributed by atoms with Gasteiger partial charge in [-0.05, 0) is 24.3 Å². The molecule has 3 rings (SSSR count). The van der Waals surface area contributed by atoms with Gasteiger partial charge in [0.15, 0.2) is 5.82 Å². The molecule has 0 fully saturated rings. The number of benzene rings is 2. The van der Waals surface area contributed by atoms with Crippen LogP contribution in [-0.4, -0.2) is 27.0 Å². The SMILES string of the molecule is NC(=O)c1ccccc1Nc1cc(CC(=O)NO)nc(-c2cccc(F)c2)n1. The van der Waals surface area contributed by atoms with Crippen LogP contribution < -0.4 is 16.5 Å². The number of anilines is 2. The van der Waals surface area contributed by atoms with E-state index in [1.165, 1.54) is 29.7 Å². The summed E-state index contributed by atoms with van der Waals surface area (Å²) < 4.78 is 13.6. The predicted molar refractivity (Wildman–Crippen MR) is 99.3 cm³/mol. The molecule has 0 saturated carbocycles. The van der Waals surface area contributed by atoms with E-state index in [-0.39, 0.29) is 29.3 Å². The zero-order valence-electron chi connectivity index (χ0n) is 14.5. The van der Waals surface area contributed by atoms with Gasteiger partial charge in [0.1, 0.15) is 11.6 Å². The molecule has 2 aromatic carbocycles. The van der Waals surface area contributed by atoms with E-state index in [4.69, 9.17) is 10.9 Å². The van der Waals surface area contributed by atoms with E-state index >= 15 is 0 Å². The van der Waals surface area contributed by atoms with Crippen molar-refractivity contribution in [1.29, 1.82) is 0 Å². The van der Waals surface area contributed by atoms with Crippen LogP contribution in [0.25, 0.3) is 11.4 Å². The van der Waals surface area contributed by atoms with Gasteiger partial charge >= 0.3 is 0 Å². The lowest BCUT2D eigenvalue weighted by Gasteiger charge is -2.12. The Labute approximate surface area is 159 Å². The third kappa shape index (κ3) is 4.46. The molecule has 8 nitrogen and oxygen atoms in total. The molecule has 0 radical (unpaired) electrons. The van der Waals surface area contributed by atoms with E-state index in [0.29, 0.717) is 11.3 Å². The first-order valence-electron chi connectivity index (χ1n) is 8.19. The number of nitrogens with zero attached hydrogens (tertiary/aromatic N) is 2. The summed E-state index contributed by atoms with van der Waals surface area (Å²) in [6, 6.07) is 13.7. The summed E-state index contributed by atoms with van der Waals surface area (Å²) in [5.41, 5.74) is 8.26.